The summed E-state index contributed by atoms with van der Waals surface area (Å²) in [5.41, 5.74) is 0.694. The van der Waals surface area contributed by atoms with Crippen LogP contribution in [0.25, 0.3) is 10.2 Å². The highest BCUT2D eigenvalue weighted by molar-refractivity contribution is 7.17. The maximum absolute atomic E-state index is 12.2. The zero-order valence-corrected chi connectivity index (χ0v) is 14.5. The van der Waals surface area contributed by atoms with Gasteiger partial charge in [0.2, 0.25) is 5.28 Å². The average Bonchev–Trinajstić information content (AvgIpc) is 2.99. The number of halogens is 1. The summed E-state index contributed by atoms with van der Waals surface area (Å²) < 4.78 is 5.05. The van der Waals surface area contributed by atoms with Crippen molar-refractivity contribution >= 4 is 56.6 Å². The Morgan fingerprint density at radius 1 is 1.28 bits per heavy atom. The second-order valence-electron chi connectivity index (χ2n) is 4.87. The highest BCUT2D eigenvalue weighted by atomic mass is 35.5. The van der Waals surface area contributed by atoms with Gasteiger partial charge in [-0.15, -0.1) is 11.3 Å². The predicted molar refractivity (Wildman–Crippen MR) is 95.1 cm³/mol. The normalized spacial score (nSPS) is 10.6. The zero-order valence-electron chi connectivity index (χ0n) is 12.9. The van der Waals surface area contributed by atoms with Crippen molar-refractivity contribution in [1.29, 1.82) is 0 Å². The van der Waals surface area contributed by atoms with E-state index in [0.29, 0.717) is 21.5 Å². The van der Waals surface area contributed by atoms with Crippen molar-refractivity contribution in [3.8, 4) is 0 Å². The number of ether oxygens (including phenoxy) is 1. The molecule has 0 unspecified atom stereocenters. The van der Waals surface area contributed by atoms with E-state index in [1.54, 1.807) is 30.5 Å². The molecule has 3 aromatic rings. The molecule has 2 heterocycles. The van der Waals surface area contributed by atoms with Gasteiger partial charge in [-0.1, -0.05) is 12.1 Å². The molecular formula is C16H12ClN3O4S. The molecule has 0 radical (unpaired) electrons. The van der Waals surface area contributed by atoms with E-state index in [4.69, 9.17) is 16.3 Å². The number of fused-ring (bicyclic) bond motifs is 1. The van der Waals surface area contributed by atoms with E-state index in [-0.39, 0.29) is 23.3 Å². The summed E-state index contributed by atoms with van der Waals surface area (Å²) in [6.07, 6.45) is 0. The highest BCUT2D eigenvalue weighted by Gasteiger charge is 2.20. The minimum atomic E-state index is -1.09. The van der Waals surface area contributed by atoms with Crippen molar-refractivity contribution in [2.24, 2.45) is 0 Å². The van der Waals surface area contributed by atoms with Gasteiger partial charge in [0.15, 0.2) is 0 Å². The van der Waals surface area contributed by atoms with Crippen LogP contribution in [0.5, 0.6) is 0 Å². The maximum atomic E-state index is 12.2. The Bertz CT molecular complexity index is 973. The molecule has 1 aromatic carbocycles. The lowest BCUT2D eigenvalue weighted by Crippen LogP contribution is -2.07. The van der Waals surface area contributed by atoms with Gasteiger partial charge in [0.05, 0.1) is 28.8 Å². The van der Waals surface area contributed by atoms with Crippen molar-refractivity contribution < 1.29 is 19.4 Å². The first-order chi connectivity index (χ1) is 12.0. The molecule has 128 valence electrons. The van der Waals surface area contributed by atoms with Gasteiger partial charge in [0, 0.05) is 5.38 Å². The van der Waals surface area contributed by atoms with Gasteiger partial charge in [0.25, 0.3) is 0 Å². The van der Waals surface area contributed by atoms with Crippen LogP contribution in [0.15, 0.2) is 29.6 Å². The lowest BCUT2D eigenvalue weighted by molar-refractivity contribution is 0.0528. The third-order valence-corrected chi connectivity index (χ3v) is 4.35. The number of nitrogens with zero attached hydrogens (tertiary/aromatic N) is 2. The number of carbonyl (C=O) groups excluding carboxylic acids is 1. The molecule has 0 aliphatic carbocycles. The fraction of sp³-hybridized carbons (Fsp3) is 0.125. The van der Waals surface area contributed by atoms with Crippen molar-refractivity contribution in [3.63, 3.8) is 0 Å². The summed E-state index contributed by atoms with van der Waals surface area (Å²) in [6.45, 7) is 1.94. The van der Waals surface area contributed by atoms with E-state index in [9.17, 15) is 14.7 Å². The molecule has 7 nitrogen and oxygen atoms in total. The van der Waals surface area contributed by atoms with E-state index in [2.05, 4.69) is 15.3 Å². The number of benzene rings is 1. The molecule has 2 N–H and O–H groups in total. The van der Waals surface area contributed by atoms with Crippen molar-refractivity contribution in [3.05, 3.63) is 46.1 Å². The zero-order chi connectivity index (χ0) is 18.0. The maximum Gasteiger partial charge on any atom is 0.339 e. The van der Waals surface area contributed by atoms with E-state index >= 15 is 0 Å². The SMILES string of the molecule is CCOC(=O)c1csc2nc(Cl)nc(Nc3ccccc3C(=O)O)c12. The Balaban J connectivity index is 2.14. The summed E-state index contributed by atoms with van der Waals surface area (Å²) in [7, 11) is 0. The van der Waals surface area contributed by atoms with Crippen LogP contribution in [0.4, 0.5) is 11.5 Å². The number of carbonyl (C=O) groups is 2. The Morgan fingerprint density at radius 2 is 2.04 bits per heavy atom. The third kappa shape index (κ3) is 3.40. The summed E-state index contributed by atoms with van der Waals surface area (Å²) >= 11 is 7.18. The summed E-state index contributed by atoms with van der Waals surface area (Å²) in [5, 5.41) is 14.3. The monoisotopic (exact) mass is 377 g/mol. The summed E-state index contributed by atoms with van der Waals surface area (Å²) in [5.74, 6) is -1.35. The number of carboxylic acid groups (broad SMARTS) is 1. The smallest absolute Gasteiger partial charge is 0.339 e. The second kappa shape index (κ2) is 7.04. The van der Waals surface area contributed by atoms with Crippen LogP contribution in [0.1, 0.15) is 27.6 Å². The molecule has 9 heteroatoms. The molecule has 0 amide bonds. The number of rotatable bonds is 5. The van der Waals surface area contributed by atoms with E-state index in [0.717, 1.165) is 0 Å². The number of aromatic carboxylic acids is 1. The van der Waals surface area contributed by atoms with Crippen LogP contribution >= 0.6 is 22.9 Å². The van der Waals surface area contributed by atoms with Gasteiger partial charge < -0.3 is 15.2 Å². The molecular weight excluding hydrogens is 366 g/mol. The first-order valence-corrected chi connectivity index (χ1v) is 8.48. The van der Waals surface area contributed by atoms with Crippen molar-refractivity contribution in [1.82, 2.24) is 9.97 Å². The van der Waals surface area contributed by atoms with Crippen LogP contribution in [0.2, 0.25) is 5.28 Å². The van der Waals surface area contributed by atoms with Crippen LogP contribution < -0.4 is 5.32 Å². The molecule has 0 fully saturated rings. The minimum Gasteiger partial charge on any atom is -0.478 e. The Morgan fingerprint density at radius 3 is 2.76 bits per heavy atom. The van der Waals surface area contributed by atoms with Gasteiger partial charge in [-0.3, -0.25) is 0 Å². The number of esters is 1. The Labute approximate surface area is 151 Å². The number of nitrogens with one attached hydrogen (secondary N) is 1. The average molecular weight is 378 g/mol. The van der Waals surface area contributed by atoms with Crippen LogP contribution in [0, 0.1) is 0 Å². The van der Waals surface area contributed by atoms with E-state index in [1.807, 2.05) is 0 Å². The quantitative estimate of drug-likeness (QED) is 0.512. The van der Waals surface area contributed by atoms with Crippen molar-refractivity contribution in [2.75, 3.05) is 11.9 Å². The molecule has 0 spiro atoms. The number of anilines is 2. The number of para-hydroxylation sites is 1. The molecule has 0 aliphatic rings. The number of aromatic nitrogens is 2. The van der Waals surface area contributed by atoms with Crippen LogP contribution in [0.3, 0.4) is 0 Å². The van der Waals surface area contributed by atoms with Gasteiger partial charge in [0.1, 0.15) is 10.6 Å². The molecule has 25 heavy (non-hydrogen) atoms. The highest BCUT2D eigenvalue weighted by Crippen LogP contribution is 2.33. The number of carboxylic acids is 1. The van der Waals surface area contributed by atoms with Crippen LogP contribution in [-0.4, -0.2) is 33.6 Å². The lowest BCUT2D eigenvalue weighted by Gasteiger charge is -2.11. The minimum absolute atomic E-state index is 0.0138. The Hall–Kier alpha value is -2.71. The molecule has 2 aromatic heterocycles. The van der Waals surface area contributed by atoms with E-state index < -0.39 is 11.9 Å². The molecule has 3 rings (SSSR count). The van der Waals surface area contributed by atoms with E-state index in [1.165, 1.54) is 17.4 Å². The number of hydrogen-bond donors (Lipinski definition) is 2. The molecule has 0 saturated carbocycles. The molecule has 0 atom stereocenters. The van der Waals surface area contributed by atoms with Gasteiger partial charge in [-0.25, -0.2) is 14.6 Å². The number of hydrogen-bond acceptors (Lipinski definition) is 7. The predicted octanol–water partition coefficient (Wildman–Crippen LogP) is 3.96. The summed E-state index contributed by atoms with van der Waals surface area (Å²) in [4.78, 5) is 32.3. The van der Waals surface area contributed by atoms with Gasteiger partial charge in [-0.05, 0) is 30.7 Å². The third-order valence-electron chi connectivity index (χ3n) is 3.31. The molecule has 0 saturated heterocycles. The Kier molecular flexibility index (Phi) is 4.82. The largest absolute Gasteiger partial charge is 0.478 e. The fourth-order valence-electron chi connectivity index (χ4n) is 2.27. The second-order valence-corrected chi connectivity index (χ2v) is 6.06. The molecule has 0 bridgehead atoms. The first-order valence-electron chi connectivity index (χ1n) is 7.22. The number of thiophene rings is 1. The fourth-order valence-corrected chi connectivity index (χ4v) is 3.40. The van der Waals surface area contributed by atoms with Gasteiger partial charge >= 0.3 is 11.9 Å². The summed E-state index contributed by atoms with van der Waals surface area (Å²) in [6, 6.07) is 6.37. The lowest BCUT2D eigenvalue weighted by atomic mass is 10.1. The van der Waals surface area contributed by atoms with Crippen molar-refractivity contribution in [2.45, 2.75) is 6.92 Å². The van der Waals surface area contributed by atoms with Gasteiger partial charge in [-0.2, -0.15) is 4.98 Å². The molecule has 0 aliphatic heterocycles. The van der Waals surface area contributed by atoms with Crippen LogP contribution in [-0.2, 0) is 4.74 Å². The topological polar surface area (TPSA) is 101 Å². The standard InChI is InChI=1S/C16H12ClN3O4S/c1-2-24-15(23)9-7-25-13-11(9)12(19-16(17)20-13)18-10-6-4-3-5-8(10)14(21)22/h3-7H,2H2,1H3,(H,21,22)(H,18,19,20). The first kappa shape index (κ1) is 17.1.